The maximum atomic E-state index is 14.1. The van der Waals surface area contributed by atoms with Gasteiger partial charge < -0.3 is 15.2 Å². The summed E-state index contributed by atoms with van der Waals surface area (Å²) in [6.07, 6.45) is 0.628. The highest BCUT2D eigenvalue weighted by Crippen LogP contribution is 2.33. The predicted octanol–water partition coefficient (Wildman–Crippen LogP) is 4.28. The van der Waals surface area contributed by atoms with Crippen LogP contribution in [0.3, 0.4) is 0 Å². The summed E-state index contributed by atoms with van der Waals surface area (Å²) in [5.41, 5.74) is 6.56. The molecule has 0 aliphatic rings. The van der Waals surface area contributed by atoms with Gasteiger partial charge in [0.1, 0.15) is 11.5 Å². The van der Waals surface area contributed by atoms with Crippen LogP contribution in [0, 0.1) is 5.82 Å². The van der Waals surface area contributed by atoms with Gasteiger partial charge in [0, 0.05) is 6.04 Å². The molecule has 3 nitrogen and oxygen atoms in total. The van der Waals surface area contributed by atoms with Crippen molar-refractivity contribution in [3.8, 4) is 17.2 Å². The van der Waals surface area contributed by atoms with Gasteiger partial charge in [-0.3, -0.25) is 0 Å². The first-order valence-corrected chi connectivity index (χ1v) is 7.34. The molecule has 5 heteroatoms. The minimum atomic E-state index is -0.407. The van der Waals surface area contributed by atoms with E-state index >= 15 is 0 Å². The normalized spacial score (nSPS) is 12.0. The average Bonchev–Trinajstić information content (AvgIpc) is 2.43. The van der Waals surface area contributed by atoms with Crippen molar-refractivity contribution in [3.63, 3.8) is 0 Å². The number of halogens is 2. The number of nitrogens with two attached hydrogens (primary N) is 1. The summed E-state index contributed by atoms with van der Waals surface area (Å²) in [4.78, 5) is 0. The Balaban J connectivity index is 2.20. The molecule has 0 bridgehead atoms. The van der Waals surface area contributed by atoms with E-state index in [9.17, 15) is 4.39 Å². The molecule has 0 aliphatic heterocycles. The smallest absolute Gasteiger partial charge is 0.165 e. The quantitative estimate of drug-likeness (QED) is 0.872. The van der Waals surface area contributed by atoms with Crippen LogP contribution in [0.1, 0.15) is 12.5 Å². The number of benzene rings is 2. The molecule has 112 valence electrons. The summed E-state index contributed by atoms with van der Waals surface area (Å²) >= 11 is 3.37. The fourth-order valence-corrected chi connectivity index (χ4v) is 2.37. The van der Waals surface area contributed by atoms with Gasteiger partial charge in [-0.15, -0.1) is 0 Å². The van der Waals surface area contributed by atoms with E-state index in [0.29, 0.717) is 22.4 Å². The van der Waals surface area contributed by atoms with Crippen LogP contribution < -0.4 is 15.2 Å². The first kappa shape index (κ1) is 15.8. The Kier molecular flexibility index (Phi) is 5.20. The molecule has 2 aromatic rings. The van der Waals surface area contributed by atoms with E-state index in [1.807, 2.05) is 13.0 Å². The molecule has 1 unspecified atom stereocenters. The predicted molar refractivity (Wildman–Crippen MR) is 84.5 cm³/mol. The van der Waals surface area contributed by atoms with Crippen LogP contribution in [-0.2, 0) is 6.42 Å². The third-order valence-corrected chi connectivity index (χ3v) is 3.53. The molecule has 0 aromatic heterocycles. The minimum Gasteiger partial charge on any atom is -0.497 e. The lowest BCUT2D eigenvalue weighted by atomic mass is 10.1. The standard InChI is InChI=1S/C16H17BrFNO2/c1-10(19)7-11-3-5-16(14(18)8-11)21-15-6-4-12(20-2)9-13(15)17/h3-6,8-10H,7,19H2,1-2H3. The first-order valence-electron chi connectivity index (χ1n) is 6.55. The van der Waals surface area contributed by atoms with Gasteiger partial charge in [-0.05, 0) is 65.2 Å². The van der Waals surface area contributed by atoms with Gasteiger partial charge in [-0.1, -0.05) is 6.07 Å². The molecule has 0 saturated carbocycles. The highest BCUT2D eigenvalue weighted by molar-refractivity contribution is 9.10. The van der Waals surface area contributed by atoms with Crippen LogP contribution in [0.25, 0.3) is 0 Å². The molecule has 2 aromatic carbocycles. The zero-order valence-electron chi connectivity index (χ0n) is 11.9. The summed E-state index contributed by atoms with van der Waals surface area (Å²) in [5.74, 6) is 0.988. The van der Waals surface area contributed by atoms with Crippen LogP contribution in [0.15, 0.2) is 40.9 Å². The second-order valence-corrected chi connectivity index (χ2v) is 5.70. The van der Waals surface area contributed by atoms with Crippen LogP contribution in [0.2, 0.25) is 0 Å². The van der Waals surface area contributed by atoms with E-state index in [0.717, 1.165) is 5.56 Å². The maximum absolute atomic E-state index is 14.1. The summed E-state index contributed by atoms with van der Waals surface area (Å²) in [7, 11) is 1.58. The van der Waals surface area contributed by atoms with Gasteiger partial charge in [0.25, 0.3) is 0 Å². The monoisotopic (exact) mass is 353 g/mol. The lowest BCUT2D eigenvalue weighted by Crippen LogP contribution is -2.17. The van der Waals surface area contributed by atoms with Gasteiger partial charge in [0.2, 0.25) is 0 Å². The van der Waals surface area contributed by atoms with E-state index in [1.165, 1.54) is 6.07 Å². The third kappa shape index (κ3) is 4.19. The van der Waals surface area contributed by atoms with Gasteiger partial charge in [-0.25, -0.2) is 4.39 Å². The van der Waals surface area contributed by atoms with Crippen LogP contribution in [-0.4, -0.2) is 13.2 Å². The second kappa shape index (κ2) is 6.91. The zero-order chi connectivity index (χ0) is 15.4. The van der Waals surface area contributed by atoms with E-state index in [4.69, 9.17) is 15.2 Å². The van der Waals surface area contributed by atoms with E-state index in [1.54, 1.807) is 31.4 Å². The lowest BCUT2D eigenvalue weighted by Gasteiger charge is -2.11. The largest absolute Gasteiger partial charge is 0.497 e. The highest BCUT2D eigenvalue weighted by atomic mass is 79.9. The van der Waals surface area contributed by atoms with E-state index in [-0.39, 0.29) is 11.8 Å². The van der Waals surface area contributed by atoms with E-state index < -0.39 is 5.82 Å². The van der Waals surface area contributed by atoms with Gasteiger partial charge >= 0.3 is 0 Å². The fourth-order valence-electron chi connectivity index (χ4n) is 1.94. The van der Waals surface area contributed by atoms with Crippen molar-refractivity contribution in [1.82, 2.24) is 0 Å². The number of hydrogen-bond acceptors (Lipinski definition) is 3. The Labute approximate surface area is 132 Å². The second-order valence-electron chi connectivity index (χ2n) is 4.84. The molecule has 2 N–H and O–H groups in total. The summed E-state index contributed by atoms with van der Waals surface area (Å²) in [5, 5.41) is 0. The highest BCUT2D eigenvalue weighted by Gasteiger charge is 2.10. The summed E-state index contributed by atoms with van der Waals surface area (Å²) < 4.78 is 25.4. The van der Waals surface area contributed by atoms with Crippen molar-refractivity contribution in [2.75, 3.05) is 7.11 Å². The van der Waals surface area contributed by atoms with Crippen LogP contribution in [0.4, 0.5) is 4.39 Å². The number of ether oxygens (including phenoxy) is 2. The Morgan fingerprint density at radius 3 is 2.48 bits per heavy atom. The van der Waals surface area contributed by atoms with E-state index in [2.05, 4.69) is 15.9 Å². The van der Waals surface area contributed by atoms with Crippen molar-refractivity contribution in [1.29, 1.82) is 0 Å². The molecule has 21 heavy (non-hydrogen) atoms. The van der Waals surface area contributed by atoms with Crippen molar-refractivity contribution < 1.29 is 13.9 Å². The molecule has 0 aliphatic carbocycles. The van der Waals surface area contributed by atoms with Crippen molar-refractivity contribution in [2.24, 2.45) is 5.73 Å². The molecule has 0 spiro atoms. The van der Waals surface area contributed by atoms with Crippen molar-refractivity contribution in [3.05, 3.63) is 52.3 Å². The number of hydrogen-bond donors (Lipinski definition) is 1. The zero-order valence-corrected chi connectivity index (χ0v) is 13.5. The van der Waals surface area contributed by atoms with Gasteiger partial charge in [0.05, 0.1) is 11.6 Å². The molecule has 0 saturated heterocycles. The van der Waals surface area contributed by atoms with Crippen molar-refractivity contribution >= 4 is 15.9 Å². The molecular formula is C16H17BrFNO2. The summed E-state index contributed by atoms with van der Waals surface area (Å²) in [6.45, 7) is 1.89. The summed E-state index contributed by atoms with van der Waals surface area (Å²) in [6, 6.07) is 10.1. The lowest BCUT2D eigenvalue weighted by molar-refractivity contribution is 0.410. The molecule has 0 heterocycles. The number of rotatable bonds is 5. The molecule has 2 rings (SSSR count). The molecule has 0 fully saturated rings. The SMILES string of the molecule is COc1ccc(Oc2ccc(CC(C)N)cc2F)c(Br)c1. The molecule has 0 amide bonds. The maximum Gasteiger partial charge on any atom is 0.165 e. The Morgan fingerprint density at radius 2 is 1.90 bits per heavy atom. The Bertz CT molecular complexity index is 632. The van der Waals surface area contributed by atoms with Crippen LogP contribution >= 0.6 is 15.9 Å². The molecule has 0 radical (unpaired) electrons. The van der Waals surface area contributed by atoms with Crippen molar-refractivity contribution in [2.45, 2.75) is 19.4 Å². The molecular weight excluding hydrogens is 337 g/mol. The minimum absolute atomic E-state index is 0.00750. The average molecular weight is 354 g/mol. The third-order valence-electron chi connectivity index (χ3n) is 2.91. The number of methoxy groups -OCH3 is 1. The van der Waals surface area contributed by atoms with Crippen LogP contribution in [0.5, 0.6) is 17.2 Å². The topological polar surface area (TPSA) is 44.5 Å². The first-order chi connectivity index (χ1) is 9.99. The van der Waals surface area contributed by atoms with Gasteiger partial charge in [0.15, 0.2) is 11.6 Å². The molecule has 1 atom stereocenters. The van der Waals surface area contributed by atoms with Gasteiger partial charge in [-0.2, -0.15) is 0 Å². The Morgan fingerprint density at radius 1 is 1.19 bits per heavy atom. The fraction of sp³-hybridized carbons (Fsp3) is 0.250. The Hall–Kier alpha value is -1.59.